The molecule has 0 radical (unpaired) electrons. The molecule has 3 aromatic rings. The highest BCUT2D eigenvalue weighted by molar-refractivity contribution is 6.47. The molecule has 1 saturated heterocycles. The summed E-state index contributed by atoms with van der Waals surface area (Å²) in [6.07, 6.45) is 0. The molecule has 204 valence electrons. The molecule has 1 aliphatic rings. The van der Waals surface area contributed by atoms with Gasteiger partial charge in [-0.05, 0) is 40.3 Å². The van der Waals surface area contributed by atoms with Gasteiger partial charge in [-0.2, -0.15) is 0 Å². The Morgan fingerprint density at radius 2 is 1.56 bits per heavy atom. The molecular weight excluding hydrogens is 544 g/mol. The third-order valence-electron chi connectivity index (χ3n) is 6.69. The van der Waals surface area contributed by atoms with E-state index in [1.54, 1.807) is 12.1 Å². The molecule has 39 heavy (non-hydrogen) atoms. The molecule has 6 nitrogen and oxygen atoms in total. The third kappa shape index (κ3) is 5.34. The summed E-state index contributed by atoms with van der Waals surface area (Å²) in [6, 6.07) is 13.6. The fourth-order valence-electron chi connectivity index (χ4n) is 4.63. The average Bonchev–Trinajstić information content (AvgIpc) is 3.14. The molecule has 4 rings (SSSR count). The number of halogens is 3. The van der Waals surface area contributed by atoms with Crippen LogP contribution in [0.2, 0.25) is 10.0 Å². The first-order chi connectivity index (χ1) is 18.4. The molecule has 1 atom stereocenters. The standard InChI is InChI=1S/C30H28Cl2FNO5/c1-30(2,3)18-10-8-17(9-11-18)24-22(25(35)20-14-21(31)28(39-5)23(32)27(20)38-4)26(36)29(37)34(24)15-16-6-12-19(33)13-7-16/h6-14,24,35H,15H2,1-5H3/b25-22+. The minimum atomic E-state index is -0.951. The number of aliphatic hydroxyl groups excluding tert-OH is 1. The second-order valence-electron chi connectivity index (χ2n) is 10.2. The van der Waals surface area contributed by atoms with Crippen LogP contribution >= 0.6 is 23.2 Å². The van der Waals surface area contributed by atoms with Gasteiger partial charge >= 0.3 is 0 Å². The monoisotopic (exact) mass is 571 g/mol. The number of ketones is 1. The van der Waals surface area contributed by atoms with Crippen molar-refractivity contribution in [3.8, 4) is 11.5 Å². The molecule has 0 saturated carbocycles. The van der Waals surface area contributed by atoms with Crippen molar-refractivity contribution in [2.45, 2.75) is 38.8 Å². The molecule has 0 spiro atoms. The number of hydrogen-bond donors (Lipinski definition) is 1. The maximum atomic E-state index is 13.5. The predicted molar refractivity (Wildman–Crippen MR) is 149 cm³/mol. The Balaban J connectivity index is 1.94. The van der Waals surface area contributed by atoms with Crippen molar-refractivity contribution in [3.05, 3.63) is 98.3 Å². The molecule has 0 bridgehead atoms. The number of hydrogen-bond acceptors (Lipinski definition) is 5. The zero-order valence-corrected chi connectivity index (χ0v) is 23.7. The SMILES string of the molecule is COc1c(Cl)cc(/C(O)=C2\C(=O)C(=O)N(Cc3ccc(F)cc3)C2c2ccc(C(C)(C)C)cc2)c(OC)c1Cl. The van der Waals surface area contributed by atoms with E-state index < -0.39 is 29.3 Å². The lowest BCUT2D eigenvalue weighted by Crippen LogP contribution is -2.29. The lowest BCUT2D eigenvalue weighted by Gasteiger charge is -2.27. The molecule has 1 N–H and O–H groups in total. The van der Waals surface area contributed by atoms with Crippen LogP contribution in [0.15, 0.2) is 60.2 Å². The number of carbonyl (C=O) groups is 2. The molecule has 1 aliphatic heterocycles. The molecule has 0 aliphatic carbocycles. The van der Waals surface area contributed by atoms with Crippen LogP contribution in [0.25, 0.3) is 5.76 Å². The van der Waals surface area contributed by atoms with E-state index in [0.29, 0.717) is 11.1 Å². The van der Waals surface area contributed by atoms with Crippen molar-refractivity contribution in [2.75, 3.05) is 14.2 Å². The summed E-state index contributed by atoms with van der Waals surface area (Å²) < 4.78 is 24.2. The number of likely N-dealkylation sites (tertiary alicyclic amines) is 1. The number of ether oxygens (including phenoxy) is 2. The fourth-order valence-corrected chi connectivity index (χ4v) is 5.32. The summed E-state index contributed by atoms with van der Waals surface area (Å²) in [6.45, 7) is 6.23. The van der Waals surface area contributed by atoms with Crippen LogP contribution in [0.1, 0.15) is 49.1 Å². The van der Waals surface area contributed by atoms with Gasteiger partial charge in [-0.15, -0.1) is 0 Å². The average molecular weight is 572 g/mol. The van der Waals surface area contributed by atoms with E-state index in [-0.39, 0.29) is 44.6 Å². The number of carbonyl (C=O) groups excluding carboxylic acids is 2. The van der Waals surface area contributed by atoms with Crippen molar-refractivity contribution < 1.29 is 28.6 Å². The smallest absolute Gasteiger partial charge is 0.295 e. The van der Waals surface area contributed by atoms with Crippen molar-refractivity contribution >= 4 is 40.7 Å². The molecule has 1 heterocycles. The molecule has 0 aromatic heterocycles. The van der Waals surface area contributed by atoms with Crippen molar-refractivity contribution in [1.29, 1.82) is 0 Å². The first-order valence-electron chi connectivity index (χ1n) is 12.1. The van der Waals surface area contributed by atoms with Crippen LogP contribution in [0.4, 0.5) is 4.39 Å². The largest absolute Gasteiger partial charge is 0.507 e. The Kier molecular flexibility index (Phi) is 7.96. The van der Waals surface area contributed by atoms with Crippen LogP contribution in [0.3, 0.4) is 0 Å². The van der Waals surface area contributed by atoms with Gasteiger partial charge < -0.3 is 19.5 Å². The lowest BCUT2D eigenvalue weighted by atomic mass is 9.85. The van der Waals surface area contributed by atoms with E-state index in [4.69, 9.17) is 32.7 Å². The summed E-state index contributed by atoms with van der Waals surface area (Å²) in [5.74, 6) is -2.45. The molecule has 1 unspecified atom stereocenters. The van der Waals surface area contributed by atoms with Crippen LogP contribution in [-0.2, 0) is 21.5 Å². The number of rotatable bonds is 6. The normalized spacial score (nSPS) is 17.0. The second kappa shape index (κ2) is 10.9. The maximum Gasteiger partial charge on any atom is 0.295 e. The highest BCUT2D eigenvalue weighted by atomic mass is 35.5. The summed E-state index contributed by atoms with van der Waals surface area (Å²) in [7, 11) is 2.73. The minimum Gasteiger partial charge on any atom is -0.507 e. The van der Waals surface area contributed by atoms with Gasteiger partial charge in [-0.25, -0.2) is 4.39 Å². The predicted octanol–water partition coefficient (Wildman–Crippen LogP) is 7.07. The first kappa shape index (κ1) is 28.5. The Morgan fingerprint density at radius 1 is 0.974 bits per heavy atom. The number of aliphatic hydroxyl groups is 1. The zero-order valence-electron chi connectivity index (χ0n) is 22.1. The Hall–Kier alpha value is -3.55. The highest BCUT2D eigenvalue weighted by Gasteiger charge is 2.46. The Bertz CT molecular complexity index is 1460. The Labute approximate surface area is 236 Å². The fraction of sp³-hybridized carbons (Fsp3) is 0.267. The second-order valence-corrected chi connectivity index (χ2v) is 11.0. The van der Waals surface area contributed by atoms with Gasteiger partial charge in [0.2, 0.25) is 0 Å². The first-order valence-corrected chi connectivity index (χ1v) is 12.9. The summed E-state index contributed by atoms with van der Waals surface area (Å²) in [4.78, 5) is 28.2. The van der Waals surface area contributed by atoms with Gasteiger partial charge in [0.1, 0.15) is 16.6 Å². The van der Waals surface area contributed by atoms with Crippen LogP contribution in [0, 0.1) is 5.82 Å². The van der Waals surface area contributed by atoms with Crippen LogP contribution in [0.5, 0.6) is 11.5 Å². The number of amides is 1. The summed E-state index contributed by atoms with van der Waals surface area (Å²) >= 11 is 12.8. The van der Waals surface area contributed by atoms with Crippen LogP contribution < -0.4 is 9.47 Å². The number of methoxy groups -OCH3 is 2. The minimum absolute atomic E-state index is 0.000621. The number of Topliss-reactive ketones (excluding diaryl/α,β-unsaturated/α-hetero) is 1. The van der Waals surface area contributed by atoms with E-state index in [1.807, 2.05) is 24.3 Å². The van der Waals surface area contributed by atoms with Gasteiger partial charge in [0.15, 0.2) is 11.5 Å². The van der Waals surface area contributed by atoms with Crippen molar-refractivity contribution in [2.24, 2.45) is 0 Å². The van der Waals surface area contributed by atoms with Gasteiger partial charge in [0, 0.05) is 6.54 Å². The van der Waals surface area contributed by atoms with Crippen molar-refractivity contribution in [3.63, 3.8) is 0 Å². The van der Waals surface area contributed by atoms with Gasteiger partial charge in [0.25, 0.3) is 11.7 Å². The number of nitrogens with zero attached hydrogens (tertiary/aromatic N) is 1. The van der Waals surface area contributed by atoms with Crippen LogP contribution in [-0.4, -0.2) is 35.9 Å². The highest BCUT2D eigenvalue weighted by Crippen LogP contribution is 2.47. The van der Waals surface area contributed by atoms with Crippen molar-refractivity contribution in [1.82, 2.24) is 4.90 Å². The summed E-state index contributed by atoms with van der Waals surface area (Å²) in [5, 5.41) is 11.6. The summed E-state index contributed by atoms with van der Waals surface area (Å²) in [5.41, 5.74) is 2.03. The Morgan fingerprint density at radius 3 is 2.10 bits per heavy atom. The molecule has 9 heteroatoms. The number of benzene rings is 3. The molecule has 1 fully saturated rings. The van der Waals surface area contributed by atoms with E-state index in [0.717, 1.165) is 5.56 Å². The lowest BCUT2D eigenvalue weighted by molar-refractivity contribution is -0.140. The topological polar surface area (TPSA) is 76.1 Å². The van der Waals surface area contributed by atoms with Gasteiger partial charge in [-0.3, -0.25) is 9.59 Å². The third-order valence-corrected chi connectivity index (χ3v) is 7.32. The molecule has 1 amide bonds. The van der Waals surface area contributed by atoms with E-state index in [1.165, 1.54) is 37.3 Å². The quantitative estimate of drug-likeness (QED) is 0.194. The zero-order chi connectivity index (χ0) is 28.6. The van der Waals surface area contributed by atoms with E-state index >= 15 is 0 Å². The van der Waals surface area contributed by atoms with Gasteiger partial charge in [0.05, 0.1) is 36.4 Å². The van der Waals surface area contributed by atoms with E-state index in [2.05, 4.69) is 20.8 Å². The van der Waals surface area contributed by atoms with E-state index in [9.17, 15) is 19.1 Å². The van der Waals surface area contributed by atoms with Gasteiger partial charge in [-0.1, -0.05) is 80.4 Å². The molecule has 3 aromatic carbocycles. The maximum absolute atomic E-state index is 13.5. The molecular formula is C30H28Cl2FNO5.